The molecule has 1 unspecified atom stereocenters. The summed E-state index contributed by atoms with van der Waals surface area (Å²) in [7, 11) is 0. The average Bonchev–Trinajstić information content (AvgIpc) is 2.86. The molecule has 1 N–H and O–H groups in total. The third-order valence-electron chi connectivity index (χ3n) is 4.85. The molecule has 1 aromatic heterocycles. The number of likely N-dealkylation sites (N-methyl/N-ethyl adjacent to an activating group) is 1. The summed E-state index contributed by atoms with van der Waals surface area (Å²) < 4.78 is 5.50. The van der Waals surface area contributed by atoms with Crippen LogP contribution in [0.4, 0.5) is 0 Å². The molecule has 4 nitrogen and oxygen atoms in total. The van der Waals surface area contributed by atoms with E-state index >= 15 is 0 Å². The van der Waals surface area contributed by atoms with Gasteiger partial charge < -0.3 is 9.84 Å². The number of hydrogen-bond donors (Lipinski definition) is 1. The zero-order valence-corrected chi connectivity index (χ0v) is 14.3. The molecule has 4 heteroatoms. The zero-order chi connectivity index (χ0) is 15.5. The highest BCUT2D eigenvalue weighted by Gasteiger charge is 2.30. The third kappa shape index (κ3) is 4.53. The van der Waals surface area contributed by atoms with Crippen LogP contribution in [0.3, 0.4) is 0 Å². The van der Waals surface area contributed by atoms with E-state index in [9.17, 15) is 0 Å². The molecule has 0 aliphatic heterocycles. The number of aromatic nitrogens is 2. The van der Waals surface area contributed by atoms with Crippen LogP contribution in [0.1, 0.15) is 77.9 Å². The van der Waals surface area contributed by atoms with Gasteiger partial charge in [-0.2, -0.15) is 4.98 Å². The van der Waals surface area contributed by atoms with Crippen molar-refractivity contribution >= 4 is 0 Å². The lowest BCUT2D eigenvalue weighted by Crippen LogP contribution is -2.35. The highest BCUT2D eigenvalue weighted by atomic mass is 16.5. The summed E-state index contributed by atoms with van der Waals surface area (Å²) >= 11 is 0. The van der Waals surface area contributed by atoms with Crippen molar-refractivity contribution in [2.75, 3.05) is 6.54 Å². The van der Waals surface area contributed by atoms with Gasteiger partial charge in [-0.1, -0.05) is 39.8 Å². The first-order valence-corrected chi connectivity index (χ1v) is 8.47. The van der Waals surface area contributed by atoms with Gasteiger partial charge >= 0.3 is 0 Å². The molecule has 1 fully saturated rings. The van der Waals surface area contributed by atoms with Crippen molar-refractivity contribution in [3.05, 3.63) is 11.7 Å². The highest BCUT2D eigenvalue weighted by Crippen LogP contribution is 2.41. The smallest absolute Gasteiger partial charge is 0.228 e. The SMILES string of the molecule is CCNC(Cc1nc(C2CCC(C)(C)CC2)no1)C(C)C. The van der Waals surface area contributed by atoms with E-state index in [0.29, 0.717) is 23.3 Å². The molecule has 1 heterocycles. The molecule has 1 saturated carbocycles. The summed E-state index contributed by atoms with van der Waals surface area (Å²) in [6, 6.07) is 0.411. The minimum Gasteiger partial charge on any atom is -0.339 e. The van der Waals surface area contributed by atoms with Crippen LogP contribution in [-0.4, -0.2) is 22.7 Å². The fraction of sp³-hybridized carbons (Fsp3) is 0.882. The Morgan fingerprint density at radius 3 is 2.52 bits per heavy atom. The molecule has 1 aliphatic rings. The van der Waals surface area contributed by atoms with E-state index in [4.69, 9.17) is 4.52 Å². The number of rotatable bonds is 6. The van der Waals surface area contributed by atoms with Crippen molar-refractivity contribution in [1.29, 1.82) is 0 Å². The lowest BCUT2D eigenvalue weighted by Gasteiger charge is -2.32. The summed E-state index contributed by atoms with van der Waals surface area (Å²) in [6.45, 7) is 12.3. The maximum atomic E-state index is 5.50. The normalized spacial score (nSPS) is 20.9. The van der Waals surface area contributed by atoms with E-state index in [1.807, 2.05) is 0 Å². The van der Waals surface area contributed by atoms with Crippen molar-refractivity contribution in [1.82, 2.24) is 15.5 Å². The maximum absolute atomic E-state index is 5.50. The Bertz CT molecular complexity index is 429. The Labute approximate surface area is 129 Å². The quantitative estimate of drug-likeness (QED) is 0.863. The van der Waals surface area contributed by atoms with Crippen LogP contribution < -0.4 is 5.32 Å². The summed E-state index contributed by atoms with van der Waals surface area (Å²) in [5, 5.41) is 7.75. The average molecular weight is 293 g/mol. The second-order valence-corrected chi connectivity index (χ2v) is 7.60. The van der Waals surface area contributed by atoms with Gasteiger partial charge in [0.15, 0.2) is 5.82 Å². The zero-order valence-electron chi connectivity index (χ0n) is 14.3. The highest BCUT2D eigenvalue weighted by molar-refractivity contribution is 5.00. The van der Waals surface area contributed by atoms with Crippen LogP contribution in [0.2, 0.25) is 0 Å². The Morgan fingerprint density at radius 1 is 1.29 bits per heavy atom. The van der Waals surface area contributed by atoms with Gasteiger partial charge in [-0.05, 0) is 43.6 Å². The molecule has 1 atom stereocenters. The van der Waals surface area contributed by atoms with Crippen LogP contribution >= 0.6 is 0 Å². The fourth-order valence-electron chi connectivity index (χ4n) is 3.17. The predicted molar refractivity (Wildman–Crippen MR) is 85.3 cm³/mol. The largest absolute Gasteiger partial charge is 0.339 e. The molecule has 0 amide bonds. The molecule has 2 rings (SSSR count). The Hall–Kier alpha value is -0.900. The predicted octanol–water partition coefficient (Wildman–Crippen LogP) is 3.93. The molecule has 0 aromatic carbocycles. The Balaban J connectivity index is 1.95. The monoisotopic (exact) mass is 293 g/mol. The first-order valence-electron chi connectivity index (χ1n) is 8.47. The lowest BCUT2D eigenvalue weighted by molar-refractivity contribution is 0.218. The van der Waals surface area contributed by atoms with Gasteiger partial charge in [-0.25, -0.2) is 0 Å². The third-order valence-corrected chi connectivity index (χ3v) is 4.85. The van der Waals surface area contributed by atoms with E-state index in [1.165, 1.54) is 25.7 Å². The van der Waals surface area contributed by atoms with Gasteiger partial charge in [-0.15, -0.1) is 0 Å². The van der Waals surface area contributed by atoms with Crippen molar-refractivity contribution in [3.63, 3.8) is 0 Å². The summed E-state index contributed by atoms with van der Waals surface area (Å²) in [4.78, 5) is 4.67. The van der Waals surface area contributed by atoms with Crippen LogP contribution in [-0.2, 0) is 6.42 Å². The first-order chi connectivity index (χ1) is 9.91. The number of nitrogens with one attached hydrogen (secondary N) is 1. The molecule has 1 aromatic rings. The molecule has 0 radical (unpaired) electrons. The first kappa shape index (κ1) is 16.5. The van der Waals surface area contributed by atoms with Gasteiger partial charge in [0.25, 0.3) is 0 Å². The summed E-state index contributed by atoms with van der Waals surface area (Å²) in [6.07, 6.45) is 5.72. The second-order valence-electron chi connectivity index (χ2n) is 7.60. The lowest BCUT2D eigenvalue weighted by atomic mass is 9.73. The fourth-order valence-corrected chi connectivity index (χ4v) is 3.17. The van der Waals surface area contributed by atoms with Gasteiger partial charge in [0, 0.05) is 18.4 Å². The minimum absolute atomic E-state index is 0.411. The van der Waals surface area contributed by atoms with E-state index in [0.717, 1.165) is 24.7 Å². The van der Waals surface area contributed by atoms with Crippen molar-refractivity contribution in [3.8, 4) is 0 Å². The van der Waals surface area contributed by atoms with Gasteiger partial charge in [0.1, 0.15) is 0 Å². The van der Waals surface area contributed by atoms with Gasteiger partial charge in [-0.3, -0.25) is 0 Å². The molecular weight excluding hydrogens is 262 g/mol. The molecule has 21 heavy (non-hydrogen) atoms. The summed E-state index contributed by atoms with van der Waals surface area (Å²) in [5.41, 5.74) is 0.483. The van der Waals surface area contributed by atoms with Crippen LogP contribution in [0.25, 0.3) is 0 Å². The number of nitrogens with zero attached hydrogens (tertiary/aromatic N) is 2. The van der Waals surface area contributed by atoms with E-state index in [-0.39, 0.29) is 0 Å². The van der Waals surface area contributed by atoms with Crippen LogP contribution in [0.15, 0.2) is 4.52 Å². The standard InChI is InChI=1S/C17H31N3O/c1-6-18-14(12(2)3)11-15-19-16(20-21-15)13-7-9-17(4,5)10-8-13/h12-14,18H,6-11H2,1-5H3. The van der Waals surface area contributed by atoms with E-state index in [1.54, 1.807) is 0 Å². The van der Waals surface area contributed by atoms with Crippen molar-refractivity contribution in [2.45, 2.75) is 78.7 Å². The van der Waals surface area contributed by atoms with Crippen LogP contribution in [0, 0.1) is 11.3 Å². The Morgan fingerprint density at radius 2 is 1.95 bits per heavy atom. The van der Waals surface area contributed by atoms with Crippen LogP contribution in [0.5, 0.6) is 0 Å². The van der Waals surface area contributed by atoms with Crippen molar-refractivity contribution in [2.24, 2.45) is 11.3 Å². The summed E-state index contributed by atoms with van der Waals surface area (Å²) in [5.74, 6) is 2.77. The molecule has 0 spiro atoms. The number of hydrogen-bond acceptors (Lipinski definition) is 4. The molecule has 0 bridgehead atoms. The maximum Gasteiger partial charge on any atom is 0.228 e. The minimum atomic E-state index is 0.411. The van der Waals surface area contributed by atoms with E-state index in [2.05, 4.69) is 50.1 Å². The molecule has 1 aliphatic carbocycles. The second kappa shape index (κ2) is 6.91. The Kier molecular flexibility index (Phi) is 5.42. The van der Waals surface area contributed by atoms with Gasteiger partial charge in [0.05, 0.1) is 0 Å². The van der Waals surface area contributed by atoms with Gasteiger partial charge in [0.2, 0.25) is 5.89 Å². The molecular formula is C17H31N3O. The molecule has 0 saturated heterocycles. The molecule has 120 valence electrons. The van der Waals surface area contributed by atoms with E-state index < -0.39 is 0 Å². The van der Waals surface area contributed by atoms with Crippen molar-refractivity contribution < 1.29 is 4.52 Å². The topological polar surface area (TPSA) is 51.0 Å².